The third-order valence-corrected chi connectivity index (χ3v) is 2.26. The quantitative estimate of drug-likeness (QED) is 0.711. The second-order valence-corrected chi connectivity index (χ2v) is 3.24. The van der Waals surface area contributed by atoms with Crippen LogP contribution in [0.2, 0.25) is 0 Å². The largest absolute Gasteiger partial charge is 0.478 e. The Hall–Kier alpha value is -0.610. The van der Waals surface area contributed by atoms with Crippen molar-refractivity contribution in [2.45, 2.75) is 32.4 Å². The first kappa shape index (κ1) is 10.5. The standard InChI is InChI=1S/C9H17NO3/c1-2-13-8(9(11)12)10-6-4-3-5-7-10/h8H,2-7H2,1H3,(H,11,12). The lowest BCUT2D eigenvalue weighted by atomic mass is 10.1. The van der Waals surface area contributed by atoms with Crippen LogP contribution >= 0.6 is 0 Å². The molecule has 0 aromatic carbocycles. The number of rotatable bonds is 4. The van der Waals surface area contributed by atoms with E-state index in [1.807, 2.05) is 11.8 Å². The number of carbonyl (C=O) groups is 1. The van der Waals surface area contributed by atoms with Crippen LogP contribution in [-0.2, 0) is 9.53 Å². The van der Waals surface area contributed by atoms with Gasteiger partial charge in [0.2, 0.25) is 6.23 Å². The molecule has 1 N–H and O–H groups in total. The Morgan fingerprint density at radius 3 is 2.54 bits per heavy atom. The number of ether oxygens (including phenoxy) is 1. The molecule has 1 saturated heterocycles. The highest BCUT2D eigenvalue weighted by molar-refractivity contribution is 5.71. The minimum absolute atomic E-state index is 0.452. The Morgan fingerprint density at radius 1 is 1.46 bits per heavy atom. The number of piperidine rings is 1. The van der Waals surface area contributed by atoms with Crippen molar-refractivity contribution >= 4 is 5.97 Å². The fraction of sp³-hybridized carbons (Fsp3) is 0.889. The zero-order valence-electron chi connectivity index (χ0n) is 8.03. The third kappa shape index (κ3) is 2.97. The predicted octanol–water partition coefficient (Wildman–Crippen LogP) is 0.919. The molecule has 0 aromatic rings. The van der Waals surface area contributed by atoms with Gasteiger partial charge in [0.25, 0.3) is 0 Å². The molecule has 1 aliphatic rings. The van der Waals surface area contributed by atoms with Crippen molar-refractivity contribution in [1.82, 2.24) is 4.90 Å². The molecule has 0 bridgehead atoms. The molecular weight excluding hydrogens is 170 g/mol. The minimum Gasteiger partial charge on any atom is -0.478 e. The van der Waals surface area contributed by atoms with Crippen LogP contribution in [0.15, 0.2) is 0 Å². The summed E-state index contributed by atoms with van der Waals surface area (Å²) in [6.45, 7) is 3.96. The van der Waals surface area contributed by atoms with Crippen LogP contribution in [0.5, 0.6) is 0 Å². The molecule has 1 fully saturated rings. The molecule has 0 radical (unpaired) electrons. The summed E-state index contributed by atoms with van der Waals surface area (Å²) in [5, 5.41) is 8.89. The first-order chi connectivity index (χ1) is 6.25. The lowest BCUT2D eigenvalue weighted by Crippen LogP contribution is -2.45. The summed E-state index contributed by atoms with van der Waals surface area (Å²) in [5.41, 5.74) is 0. The Morgan fingerprint density at radius 2 is 2.08 bits per heavy atom. The first-order valence-corrected chi connectivity index (χ1v) is 4.84. The Labute approximate surface area is 78.5 Å². The fourth-order valence-electron chi connectivity index (χ4n) is 1.64. The zero-order chi connectivity index (χ0) is 9.68. The van der Waals surface area contributed by atoms with Crippen LogP contribution in [0.4, 0.5) is 0 Å². The lowest BCUT2D eigenvalue weighted by molar-refractivity contribution is -0.165. The van der Waals surface area contributed by atoms with Crippen molar-refractivity contribution in [2.75, 3.05) is 19.7 Å². The predicted molar refractivity (Wildman–Crippen MR) is 48.5 cm³/mol. The van der Waals surface area contributed by atoms with Crippen molar-refractivity contribution in [1.29, 1.82) is 0 Å². The van der Waals surface area contributed by atoms with Gasteiger partial charge in [-0.2, -0.15) is 0 Å². The summed E-state index contributed by atoms with van der Waals surface area (Å²) in [7, 11) is 0. The van der Waals surface area contributed by atoms with E-state index in [1.54, 1.807) is 0 Å². The molecule has 1 atom stereocenters. The Kier molecular flexibility index (Phi) is 4.18. The number of aliphatic carboxylic acids is 1. The third-order valence-electron chi connectivity index (χ3n) is 2.26. The number of hydrogen-bond acceptors (Lipinski definition) is 3. The van der Waals surface area contributed by atoms with E-state index in [0.29, 0.717) is 6.61 Å². The summed E-state index contributed by atoms with van der Waals surface area (Å²) in [5.74, 6) is -0.872. The normalized spacial score (nSPS) is 21.3. The average Bonchev–Trinajstić information content (AvgIpc) is 2.15. The van der Waals surface area contributed by atoms with E-state index >= 15 is 0 Å². The SMILES string of the molecule is CCOC(C(=O)O)N1CCCCC1. The van der Waals surface area contributed by atoms with Gasteiger partial charge >= 0.3 is 5.97 Å². The maximum atomic E-state index is 10.8. The zero-order valence-corrected chi connectivity index (χ0v) is 8.03. The molecule has 4 nitrogen and oxygen atoms in total. The van der Waals surface area contributed by atoms with E-state index in [0.717, 1.165) is 25.9 Å². The molecule has 0 aromatic heterocycles. The molecule has 0 saturated carbocycles. The van der Waals surface area contributed by atoms with Crippen LogP contribution in [-0.4, -0.2) is 41.9 Å². The molecule has 0 spiro atoms. The highest BCUT2D eigenvalue weighted by Crippen LogP contribution is 2.13. The lowest BCUT2D eigenvalue weighted by Gasteiger charge is -2.31. The van der Waals surface area contributed by atoms with Crippen LogP contribution in [0.3, 0.4) is 0 Å². The topological polar surface area (TPSA) is 49.8 Å². The summed E-state index contributed by atoms with van der Waals surface area (Å²) in [6, 6.07) is 0. The smallest absolute Gasteiger partial charge is 0.348 e. The number of carboxylic acids is 1. The van der Waals surface area contributed by atoms with Gasteiger partial charge in [0.05, 0.1) is 0 Å². The molecule has 13 heavy (non-hydrogen) atoms. The van der Waals surface area contributed by atoms with E-state index in [-0.39, 0.29) is 0 Å². The summed E-state index contributed by atoms with van der Waals surface area (Å²) < 4.78 is 5.17. The van der Waals surface area contributed by atoms with E-state index in [4.69, 9.17) is 9.84 Å². The van der Waals surface area contributed by atoms with Gasteiger partial charge in [-0.3, -0.25) is 4.90 Å². The summed E-state index contributed by atoms with van der Waals surface area (Å²) in [6.07, 6.45) is 2.63. The number of likely N-dealkylation sites (tertiary alicyclic amines) is 1. The Balaban J connectivity index is 2.46. The highest BCUT2D eigenvalue weighted by atomic mass is 16.5. The molecule has 1 aliphatic heterocycles. The Bertz CT molecular complexity index is 166. The van der Waals surface area contributed by atoms with Crippen molar-refractivity contribution in [3.05, 3.63) is 0 Å². The monoisotopic (exact) mass is 187 g/mol. The molecule has 4 heteroatoms. The highest BCUT2D eigenvalue weighted by Gasteiger charge is 2.26. The molecule has 0 amide bonds. The van der Waals surface area contributed by atoms with Gasteiger partial charge in [0, 0.05) is 19.7 Å². The van der Waals surface area contributed by atoms with Crippen molar-refractivity contribution in [2.24, 2.45) is 0 Å². The van der Waals surface area contributed by atoms with Crippen LogP contribution in [0.1, 0.15) is 26.2 Å². The van der Waals surface area contributed by atoms with Crippen LogP contribution < -0.4 is 0 Å². The molecule has 76 valence electrons. The number of carboxylic acid groups (broad SMARTS) is 1. The molecular formula is C9H17NO3. The first-order valence-electron chi connectivity index (χ1n) is 4.84. The van der Waals surface area contributed by atoms with Crippen molar-refractivity contribution in [3.8, 4) is 0 Å². The number of nitrogens with zero attached hydrogens (tertiary/aromatic N) is 1. The minimum atomic E-state index is -0.872. The maximum Gasteiger partial charge on any atom is 0.348 e. The van der Waals surface area contributed by atoms with Crippen molar-refractivity contribution in [3.63, 3.8) is 0 Å². The van der Waals surface area contributed by atoms with E-state index in [2.05, 4.69) is 0 Å². The van der Waals surface area contributed by atoms with Crippen LogP contribution in [0, 0.1) is 0 Å². The second-order valence-electron chi connectivity index (χ2n) is 3.24. The van der Waals surface area contributed by atoms with Gasteiger partial charge in [-0.05, 0) is 19.8 Å². The maximum absolute atomic E-state index is 10.8. The molecule has 1 rings (SSSR count). The van der Waals surface area contributed by atoms with Crippen LogP contribution in [0.25, 0.3) is 0 Å². The second kappa shape index (κ2) is 5.19. The number of hydrogen-bond donors (Lipinski definition) is 1. The summed E-state index contributed by atoms with van der Waals surface area (Å²) in [4.78, 5) is 12.7. The molecule has 1 unspecified atom stereocenters. The fourth-order valence-corrected chi connectivity index (χ4v) is 1.64. The van der Waals surface area contributed by atoms with Gasteiger partial charge in [-0.1, -0.05) is 6.42 Å². The van der Waals surface area contributed by atoms with Gasteiger partial charge in [-0.25, -0.2) is 4.79 Å². The average molecular weight is 187 g/mol. The van der Waals surface area contributed by atoms with Gasteiger partial charge < -0.3 is 9.84 Å². The van der Waals surface area contributed by atoms with E-state index in [9.17, 15) is 4.79 Å². The van der Waals surface area contributed by atoms with E-state index < -0.39 is 12.2 Å². The van der Waals surface area contributed by atoms with Crippen molar-refractivity contribution < 1.29 is 14.6 Å². The van der Waals surface area contributed by atoms with Gasteiger partial charge in [-0.15, -0.1) is 0 Å². The molecule has 1 heterocycles. The van der Waals surface area contributed by atoms with Gasteiger partial charge in [0.15, 0.2) is 0 Å². The van der Waals surface area contributed by atoms with Gasteiger partial charge in [0.1, 0.15) is 0 Å². The molecule has 0 aliphatic carbocycles. The van der Waals surface area contributed by atoms with E-state index in [1.165, 1.54) is 6.42 Å². The summed E-state index contributed by atoms with van der Waals surface area (Å²) >= 11 is 0.